The Morgan fingerprint density at radius 2 is 1.54 bits per heavy atom. The molecule has 0 N–H and O–H groups in total. The summed E-state index contributed by atoms with van der Waals surface area (Å²) in [5, 5.41) is 0. The number of hydrogen-bond acceptors (Lipinski definition) is 1. The quantitative estimate of drug-likeness (QED) is 0.652. The van der Waals surface area contributed by atoms with Gasteiger partial charge in [-0.15, -0.1) is 0 Å². The zero-order chi connectivity index (χ0) is 10.7. The highest BCUT2D eigenvalue weighted by molar-refractivity contribution is 6.81. The van der Waals surface area contributed by atoms with Crippen molar-refractivity contribution in [1.29, 1.82) is 0 Å². The van der Waals surface area contributed by atoms with Crippen LogP contribution in [-0.2, 0) is 4.43 Å². The molecule has 0 rings (SSSR count). The first kappa shape index (κ1) is 13.1. The molecule has 0 unspecified atom stereocenters. The molecule has 1 nitrogen and oxygen atoms in total. The van der Waals surface area contributed by atoms with Crippen LogP contribution in [-0.4, -0.2) is 23.0 Å². The third kappa shape index (κ3) is 10.1. The van der Waals surface area contributed by atoms with E-state index < -0.39 is 16.4 Å². The fourth-order valence-corrected chi connectivity index (χ4v) is 3.33. The molecule has 13 heavy (non-hydrogen) atoms. The maximum absolute atomic E-state index is 5.83. The lowest BCUT2D eigenvalue weighted by molar-refractivity contribution is 0.347. The lowest BCUT2D eigenvalue weighted by Crippen LogP contribution is -2.27. The molecule has 0 saturated carbocycles. The van der Waals surface area contributed by atoms with Crippen molar-refractivity contribution < 1.29 is 4.43 Å². The Balaban J connectivity index is 4.02. The maximum Gasteiger partial charge on any atom is 0.184 e. The van der Waals surface area contributed by atoms with Crippen molar-refractivity contribution in [1.82, 2.24) is 0 Å². The summed E-state index contributed by atoms with van der Waals surface area (Å²) in [5.41, 5.74) is 3.83. The average Bonchev–Trinajstić information content (AvgIpc) is 1.78. The van der Waals surface area contributed by atoms with E-state index in [2.05, 4.69) is 51.9 Å². The van der Waals surface area contributed by atoms with Gasteiger partial charge in [0.25, 0.3) is 0 Å². The van der Waals surface area contributed by atoms with Crippen molar-refractivity contribution in [3.63, 3.8) is 0 Å². The second-order valence-corrected chi connectivity index (χ2v) is 15.3. The summed E-state index contributed by atoms with van der Waals surface area (Å²) in [6.45, 7) is 16.8. The van der Waals surface area contributed by atoms with Crippen molar-refractivity contribution in [2.24, 2.45) is 0 Å². The van der Waals surface area contributed by atoms with Crippen LogP contribution in [0.1, 0.15) is 6.92 Å². The predicted molar refractivity (Wildman–Crippen MR) is 66.4 cm³/mol. The molecule has 0 spiro atoms. The zero-order valence-corrected chi connectivity index (χ0v) is 12.2. The van der Waals surface area contributed by atoms with Gasteiger partial charge in [0.2, 0.25) is 0 Å². The lowest BCUT2D eigenvalue weighted by Gasteiger charge is -2.19. The Morgan fingerprint density at radius 3 is 1.85 bits per heavy atom. The summed E-state index contributed by atoms with van der Waals surface area (Å²) in [7, 11) is -2.36. The van der Waals surface area contributed by atoms with E-state index in [0.717, 1.165) is 6.61 Å². The molecule has 0 aliphatic rings. The Kier molecular flexibility index (Phi) is 4.62. The molecule has 0 aliphatic heterocycles. The van der Waals surface area contributed by atoms with Crippen LogP contribution in [0.25, 0.3) is 0 Å². The topological polar surface area (TPSA) is 9.23 Å². The summed E-state index contributed by atoms with van der Waals surface area (Å²) in [6.07, 6.45) is 0. The summed E-state index contributed by atoms with van der Waals surface area (Å²) in [5.74, 6) is 0. The first-order valence-corrected chi connectivity index (χ1v) is 11.9. The van der Waals surface area contributed by atoms with Gasteiger partial charge in [-0.25, -0.2) is 0 Å². The minimum Gasteiger partial charge on any atom is -0.414 e. The van der Waals surface area contributed by atoms with Crippen LogP contribution in [0.5, 0.6) is 0 Å². The van der Waals surface area contributed by atoms with Gasteiger partial charge in [-0.2, -0.15) is 0 Å². The van der Waals surface area contributed by atoms with Crippen molar-refractivity contribution in [2.75, 3.05) is 6.61 Å². The number of rotatable bonds is 4. The van der Waals surface area contributed by atoms with Gasteiger partial charge in [-0.1, -0.05) is 30.9 Å². The first-order valence-electron chi connectivity index (χ1n) is 4.92. The van der Waals surface area contributed by atoms with E-state index in [9.17, 15) is 0 Å². The predicted octanol–water partition coefficient (Wildman–Crippen LogP) is 3.66. The molecule has 0 heterocycles. The summed E-state index contributed by atoms with van der Waals surface area (Å²) >= 11 is 0. The van der Waals surface area contributed by atoms with Crippen molar-refractivity contribution in [3.05, 3.63) is 11.3 Å². The van der Waals surface area contributed by atoms with Crippen molar-refractivity contribution in [3.8, 4) is 0 Å². The van der Waals surface area contributed by atoms with E-state index in [4.69, 9.17) is 4.43 Å². The summed E-state index contributed by atoms with van der Waals surface area (Å²) in [4.78, 5) is 0. The van der Waals surface area contributed by atoms with Gasteiger partial charge in [0.05, 0.1) is 14.7 Å². The molecule has 0 bridgehead atoms. The highest BCUT2D eigenvalue weighted by Crippen LogP contribution is 2.10. The SMILES string of the molecule is C/C(=C\[Si](C)(C)C)CO[Si](C)(C)C. The summed E-state index contributed by atoms with van der Waals surface area (Å²) in [6, 6.07) is 0. The van der Waals surface area contributed by atoms with E-state index in [1.165, 1.54) is 5.57 Å². The highest BCUT2D eigenvalue weighted by Gasteiger charge is 2.15. The molecule has 0 amide bonds. The lowest BCUT2D eigenvalue weighted by atomic mass is 10.4. The van der Waals surface area contributed by atoms with Gasteiger partial charge >= 0.3 is 0 Å². The molecule has 78 valence electrons. The molecule has 0 aromatic carbocycles. The largest absolute Gasteiger partial charge is 0.414 e. The normalized spacial score (nSPS) is 14.8. The monoisotopic (exact) mass is 216 g/mol. The molecule has 0 aromatic rings. The van der Waals surface area contributed by atoms with Crippen LogP contribution in [0, 0.1) is 0 Å². The van der Waals surface area contributed by atoms with Crippen LogP contribution >= 0.6 is 0 Å². The van der Waals surface area contributed by atoms with Gasteiger partial charge in [0.15, 0.2) is 8.32 Å². The molecule has 0 fully saturated rings. The molecule has 0 aliphatic carbocycles. The van der Waals surface area contributed by atoms with E-state index in [0.29, 0.717) is 0 Å². The third-order valence-electron chi connectivity index (χ3n) is 1.41. The second-order valence-electron chi connectivity index (χ2n) is 5.76. The van der Waals surface area contributed by atoms with Crippen LogP contribution < -0.4 is 0 Å². The first-order chi connectivity index (χ1) is 5.60. The van der Waals surface area contributed by atoms with Crippen molar-refractivity contribution >= 4 is 16.4 Å². The Morgan fingerprint density at radius 1 is 1.08 bits per heavy atom. The molecule has 0 saturated heterocycles. The van der Waals surface area contributed by atoms with Crippen LogP contribution in [0.3, 0.4) is 0 Å². The number of hydrogen-bond donors (Lipinski definition) is 0. The Hall–Kier alpha value is 0.134. The molecule has 0 atom stereocenters. The standard InChI is InChI=1S/C10H24OSi2/c1-10(9-12(2,3)4)8-11-13(5,6)7/h9H,8H2,1-7H3/b10-9+. The van der Waals surface area contributed by atoms with Crippen LogP contribution in [0.2, 0.25) is 39.3 Å². The smallest absolute Gasteiger partial charge is 0.184 e. The van der Waals surface area contributed by atoms with Crippen LogP contribution in [0.15, 0.2) is 11.3 Å². The van der Waals surface area contributed by atoms with E-state index in [-0.39, 0.29) is 0 Å². The minimum absolute atomic E-state index is 0.833. The second kappa shape index (κ2) is 4.57. The van der Waals surface area contributed by atoms with E-state index in [1.54, 1.807) is 0 Å². The van der Waals surface area contributed by atoms with Gasteiger partial charge < -0.3 is 4.43 Å². The van der Waals surface area contributed by atoms with E-state index in [1.807, 2.05) is 0 Å². The van der Waals surface area contributed by atoms with E-state index >= 15 is 0 Å². The van der Waals surface area contributed by atoms with Gasteiger partial charge in [0.1, 0.15) is 0 Å². The molecular formula is C10H24OSi2. The van der Waals surface area contributed by atoms with Gasteiger partial charge in [-0.3, -0.25) is 0 Å². The summed E-state index contributed by atoms with van der Waals surface area (Å²) < 4.78 is 5.83. The maximum atomic E-state index is 5.83. The Labute approximate surface area is 85.3 Å². The molecule has 3 heteroatoms. The average molecular weight is 216 g/mol. The minimum atomic E-state index is -1.32. The zero-order valence-electron chi connectivity index (χ0n) is 10.2. The third-order valence-corrected chi connectivity index (χ3v) is 3.78. The highest BCUT2D eigenvalue weighted by atomic mass is 28.4. The van der Waals surface area contributed by atoms with Crippen molar-refractivity contribution in [2.45, 2.75) is 46.2 Å². The Bertz CT molecular complexity index is 184. The van der Waals surface area contributed by atoms with Gasteiger partial charge in [-0.05, 0) is 26.6 Å². The fourth-order valence-electron chi connectivity index (χ4n) is 1.11. The fraction of sp³-hybridized carbons (Fsp3) is 0.800. The van der Waals surface area contributed by atoms with Gasteiger partial charge in [0, 0.05) is 0 Å². The molecule has 0 radical (unpaired) electrons. The molecular weight excluding hydrogens is 192 g/mol. The molecule has 0 aromatic heterocycles. The van der Waals surface area contributed by atoms with Crippen LogP contribution in [0.4, 0.5) is 0 Å².